The first-order chi connectivity index (χ1) is 8.16. The third-order valence-electron chi connectivity index (χ3n) is 2.12. The van der Waals surface area contributed by atoms with Gasteiger partial charge in [-0.3, -0.25) is 0 Å². The van der Waals surface area contributed by atoms with Crippen LogP contribution in [0.25, 0.3) is 5.69 Å². The average Bonchev–Trinajstić information content (AvgIpc) is 2.78. The Hall–Kier alpha value is -2.37. The van der Waals surface area contributed by atoms with Crippen molar-refractivity contribution < 1.29 is 14.6 Å². The van der Waals surface area contributed by atoms with E-state index in [2.05, 4.69) is 10.1 Å². The molecule has 1 atom stereocenters. The van der Waals surface area contributed by atoms with Crippen molar-refractivity contribution in [3.8, 4) is 11.7 Å². The van der Waals surface area contributed by atoms with E-state index in [-0.39, 0.29) is 6.01 Å². The predicted molar refractivity (Wildman–Crippen MR) is 59.1 cm³/mol. The van der Waals surface area contributed by atoms with E-state index in [0.717, 1.165) is 5.69 Å². The summed E-state index contributed by atoms with van der Waals surface area (Å²) in [6.45, 7) is 1.42. The monoisotopic (exact) mass is 233 g/mol. The van der Waals surface area contributed by atoms with Gasteiger partial charge in [0.25, 0.3) is 0 Å². The van der Waals surface area contributed by atoms with Crippen LogP contribution in [0.4, 0.5) is 0 Å². The van der Waals surface area contributed by atoms with Crippen LogP contribution in [-0.4, -0.2) is 31.9 Å². The predicted octanol–water partition coefficient (Wildman–Crippen LogP) is 1.12. The maximum atomic E-state index is 10.6. The lowest BCUT2D eigenvalue weighted by molar-refractivity contribution is -0.144. The number of carboxylic acids is 1. The molecule has 0 saturated carbocycles. The molecule has 0 fully saturated rings. The minimum absolute atomic E-state index is 0.0451. The normalized spacial score (nSPS) is 12.1. The largest absolute Gasteiger partial charge is 0.479 e. The van der Waals surface area contributed by atoms with E-state index in [0.29, 0.717) is 0 Å². The molecule has 0 bridgehead atoms. The second kappa shape index (κ2) is 4.65. The fourth-order valence-corrected chi connectivity index (χ4v) is 1.22. The second-order valence-corrected chi connectivity index (χ2v) is 3.41. The van der Waals surface area contributed by atoms with Gasteiger partial charge in [0, 0.05) is 0 Å². The van der Waals surface area contributed by atoms with Crippen molar-refractivity contribution in [3.63, 3.8) is 0 Å². The van der Waals surface area contributed by atoms with Gasteiger partial charge in [0.05, 0.1) is 5.69 Å². The van der Waals surface area contributed by atoms with E-state index in [1.165, 1.54) is 17.9 Å². The highest BCUT2D eigenvalue weighted by Crippen LogP contribution is 2.09. The summed E-state index contributed by atoms with van der Waals surface area (Å²) < 4.78 is 6.55. The van der Waals surface area contributed by atoms with Gasteiger partial charge in [-0.25, -0.2) is 9.48 Å². The molecule has 1 heterocycles. The Kier molecular flexibility index (Phi) is 3.04. The van der Waals surface area contributed by atoms with Crippen LogP contribution in [0.2, 0.25) is 0 Å². The molecule has 1 aromatic carbocycles. The van der Waals surface area contributed by atoms with E-state index >= 15 is 0 Å². The highest BCUT2D eigenvalue weighted by molar-refractivity contribution is 5.72. The zero-order valence-corrected chi connectivity index (χ0v) is 9.15. The van der Waals surface area contributed by atoms with Crippen molar-refractivity contribution in [2.24, 2.45) is 0 Å². The standard InChI is InChI=1S/C11H11N3O3/c1-8(10(15)16)17-11-12-7-14(13-11)9-5-3-2-4-6-9/h2-8H,1H3,(H,15,16)/t8-/m0/s1. The summed E-state index contributed by atoms with van der Waals surface area (Å²) in [5.74, 6) is -1.05. The molecule has 6 heteroatoms. The fraction of sp³-hybridized carbons (Fsp3) is 0.182. The number of para-hydroxylation sites is 1. The van der Waals surface area contributed by atoms with E-state index in [9.17, 15) is 4.79 Å². The van der Waals surface area contributed by atoms with Crippen LogP contribution in [0.3, 0.4) is 0 Å². The zero-order chi connectivity index (χ0) is 12.3. The molecule has 1 aromatic heterocycles. The number of aromatic nitrogens is 3. The Labute approximate surface area is 97.5 Å². The molecule has 1 N–H and O–H groups in total. The van der Waals surface area contributed by atoms with Gasteiger partial charge in [-0.15, -0.1) is 5.10 Å². The molecule has 2 aromatic rings. The summed E-state index contributed by atoms with van der Waals surface area (Å²) in [4.78, 5) is 14.5. The summed E-state index contributed by atoms with van der Waals surface area (Å²) in [7, 11) is 0. The Balaban J connectivity index is 2.14. The van der Waals surface area contributed by atoms with Crippen LogP contribution >= 0.6 is 0 Å². The van der Waals surface area contributed by atoms with Crippen LogP contribution in [0.1, 0.15) is 6.92 Å². The molecule has 0 spiro atoms. The molecule has 0 aliphatic carbocycles. The van der Waals surface area contributed by atoms with E-state index in [1.807, 2.05) is 30.3 Å². The molecular weight excluding hydrogens is 222 g/mol. The molecule has 0 aliphatic heterocycles. The third kappa shape index (κ3) is 2.60. The number of ether oxygens (including phenoxy) is 1. The van der Waals surface area contributed by atoms with Crippen molar-refractivity contribution in [1.82, 2.24) is 14.8 Å². The SMILES string of the molecule is C[C@H](Oc1ncn(-c2ccccc2)n1)C(=O)O. The van der Waals surface area contributed by atoms with E-state index in [4.69, 9.17) is 9.84 Å². The third-order valence-corrected chi connectivity index (χ3v) is 2.12. The molecule has 88 valence electrons. The van der Waals surface area contributed by atoms with Crippen LogP contribution in [-0.2, 0) is 4.79 Å². The number of hydrogen-bond donors (Lipinski definition) is 1. The van der Waals surface area contributed by atoms with Gasteiger partial charge >= 0.3 is 12.0 Å². The Bertz CT molecular complexity index is 510. The second-order valence-electron chi connectivity index (χ2n) is 3.41. The van der Waals surface area contributed by atoms with Gasteiger partial charge in [-0.1, -0.05) is 18.2 Å². The first-order valence-corrected chi connectivity index (χ1v) is 5.03. The molecule has 2 rings (SSSR count). The Morgan fingerprint density at radius 2 is 2.12 bits per heavy atom. The first kappa shape index (κ1) is 11.1. The molecule has 0 saturated heterocycles. The first-order valence-electron chi connectivity index (χ1n) is 5.03. The van der Waals surface area contributed by atoms with E-state index < -0.39 is 12.1 Å². The van der Waals surface area contributed by atoms with Gasteiger partial charge < -0.3 is 9.84 Å². The maximum absolute atomic E-state index is 10.6. The van der Waals surface area contributed by atoms with Crippen LogP contribution in [0, 0.1) is 0 Å². The molecule has 0 aliphatic rings. The molecule has 6 nitrogen and oxygen atoms in total. The van der Waals surface area contributed by atoms with Crippen molar-refractivity contribution in [2.75, 3.05) is 0 Å². The summed E-state index contributed by atoms with van der Waals surface area (Å²) >= 11 is 0. The lowest BCUT2D eigenvalue weighted by Gasteiger charge is -2.05. The lowest BCUT2D eigenvalue weighted by atomic mass is 10.3. The summed E-state index contributed by atoms with van der Waals surface area (Å²) in [6, 6.07) is 9.40. The van der Waals surface area contributed by atoms with Gasteiger partial charge in [-0.2, -0.15) is 4.98 Å². The Morgan fingerprint density at radius 3 is 2.76 bits per heavy atom. The van der Waals surface area contributed by atoms with Crippen molar-refractivity contribution >= 4 is 5.97 Å². The number of nitrogens with zero attached hydrogens (tertiary/aromatic N) is 3. The van der Waals surface area contributed by atoms with Crippen LogP contribution < -0.4 is 4.74 Å². The number of carbonyl (C=O) groups is 1. The van der Waals surface area contributed by atoms with Crippen molar-refractivity contribution in [1.29, 1.82) is 0 Å². The number of carboxylic acid groups (broad SMARTS) is 1. The van der Waals surface area contributed by atoms with Crippen molar-refractivity contribution in [2.45, 2.75) is 13.0 Å². The van der Waals surface area contributed by atoms with Gasteiger partial charge in [0.1, 0.15) is 6.33 Å². The van der Waals surface area contributed by atoms with Gasteiger partial charge in [-0.05, 0) is 19.1 Å². The summed E-state index contributed by atoms with van der Waals surface area (Å²) in [6.07, 6.45) is 0.501. The topological polar surface area (TPSA) is 77.2 Å². The minimum atomic E-state index is -1.05. The Morgan fingerprint density at radius 1 is 1.41 bits per heavy atom. The highest BCUT2D eigenvalue weighted by atomic mass is 16.5. The average molecular weight is 233 g/mol. The minimum Gasteiger partial charge on any atom is -0.479 e. The molecular formula is C11H11N3O3. The number of aliphatic carboxylic acids is 1. The van der Waals surface area contributed by atoms with E-state index in [1.54, 1.807) is 0 Å². The summed E-state index contributed by atoms with van der Waals surface area (Å²) in [5.41, 5.74) is 0.831. The zero-order valence-electron chi connectivity index (χ0n) is 9.15. The molecule has 17 heavy (non-hydrogen) atoms. The molecule has 0 radical (unpaired) electrons. The quantitative estimate of drug-likeness (QED) is 0.856. The number of rotatable bonds is 4. The number of hydrogen-bond acceptors (Lipinski definition) is 4. The molecule has 0 unspecified atom stereocenters. The lowest BCUT2D eigenvalue weighted by Crippen LogP contribution is -2.23. The smallest absolute Gasteiger partial charge is 0.344 e. The number of benzene rings is 1. The molecule has 0 amide bonds. The van der Waals surface area contributed by atoms with Crippen LogP contribution in [0.15, 0.2) is 36.7 Å². The fourth-order valence-electron chi connectivity index (χ4n) is 1.22. The van der Waals surface area contributed by atoms with Gasteiger partial charge in [0.2, 0.25) is 0 Å². The van der Waals surface area contributed by atoms with Gasteiger partial charge in [0.15, 0.2) is 6.10 Å². The maximum Gasteiger partial charge on any atom is 0.344 e. The highest BCUT2D eigenvalue weighted by Gasteiger charge is 2.15. The van der Waals surface area contributed by atoms with Crippen molar-refractivity contribution in [3.05, 3.63) is 36.7 Å². The van der Waals surface area contributed by atoms with Crippen LogP contribution in [0.5, 0.6) is 6.01 Å². The summed E-state index contributed by atoms with van der Waals surface area (Å²) in [5, 5.41) is 12.7.